The van der Waals surface area contributed by atoms with Gasteiger partial charge in [-0.25, -0.2) is 0 Å². The van der Waals surface area contributed by atoms with E-state index in [0.717, 1.165) is 51.4 Å². The Kier molecular flexibility index (Phi) is 22.0. The summed E-state index contributed by atoms with van der Waals surface area (Å²) in [6.45, 7) is 49.3. The van der Waals surface area contributed by atoms with Gasteiger partial charge in [-0.3, -0.25) is 28.8 Å². The number of nitrogens with one attached hydrogen (secondary N) is 6. The lowest BCUT2D eigenvalue weighted by molar-refractivity contribution is -0.256. The highest BCUT2D eigenvalue weighted by atomic mass is 16.4. The topological polar surface area (TPSA) is 296 Å². The Morgan fingerprint density at radius 3 is 0.800 bits per heavy atom. The quantitative estimate of drug-likeness (QED) is 0.0449. The zero-order valence-electron chi connectivity index (χ0n) is 60.7. The summed E-state index contributed by atoms with van der Waals surface area (Å²) in [5.41, 5.74) is -14.3. The van der Waals surface area contributed by atoms with Crippen LogP contribution in [0.2, 0.25) is 0 Å². The summed E-state index contributed by atoms with van der Waals surface area (Å²) >= 11 is 0. The molecule has 0 aliphatic carbocycles. The Bertz CT molecular complexity index is 2460. The number of carboxylic acids is 6. The molecule has 0 spiro atoms. The van der Waals surface area contributed by atoms with Crippen LogP contribution in [0.15, 0.2) is 0 Å². The van der Waals surface area contributed by atoms with E-state index in [-0.39, 0.29) is 91.8 Å². The summed E-state index contributed by atoms with van der Waals surface area (Å²) in [4.78, 5) is 84.4. The van der Waals surface area contributed by atoms with Gasteiger partial charge in [0.25, 0.3) is 0 Å². The second-order valence-corrected chi connectivity index (χ2v) is 38.1. The maximum absolute atomic E-state index is 15.7. The molecule has 0 bridgehead atoms. The minimum Gasteiger partial charge on any atom is -0.481 e. The van der Waals surface area contributed by atoms with Crippen molar-refractivity contribution in [1.29, 1.82) is 0 Å². The molecule has 2 unspecified atom stereocenters. The highest BCUT2D eigenvalue weighted by molar-refractivity contribution is 5.96. The molecule has 6 saturated heterocycles. The van der Waals surface area contributed by atoms with E-state index in [9.17, 15) is 39.9 Å². The number of hydrogen-bond donors (Lipinski definition) is 12. The Morgan fingerprint density at radius 1 is 0.300 bits per heavy atom. The van der Waals surface area contributed by atoms with Gasteiger partial charge in [0.15, 0.2) is 0 Å². The maximum Gasteiger partial charge on any atom is 0.312 e. The van der Waals surface area contributed by atoms with E-state index in [2.05, 4.69) is 87.3 Å². The number of carbonyl (C=O) groups is 6. The van der Waals surface area contributed by atoms with Crippen LogP contribution in [0, 0.1) is 57.2 Å². The van der Waals surface area contributed by atoms with E-state index in [1.165, 1.54) is 0 Å². The lowest BCUT2D eigenvalue weighted by Gasteiger charge is -2.69. The van der Waals surface area contributed by atoms with Gasteiger partial charge in [0.05, 0.1) is 22.7 Å². The summed E-state index contributed by atoms with van der Waals surface area (Å²) in [5, 5.41) is 91.0. The van der Waals surface area contributed by atoms with Crippen LogP contribution in [0.1, 0.15) is 295 Å². The fraction of sp³-hybridized carbons (Fsp3) is 0.917. The second kappa shape index (κ2) is 25.6. The van der Waals surface area contributed by atoms with Gasteiger partial charge in [0, 0.05) is 72.9 Å². The van der Waals surface area contributed by atoms with Crippen molar-refractivity contribution >= 4 is 35.8 Å². The highest BCUT2D eigenvalue weighted by Crippen LogP contribution is 2.74. The predicted octanol–water partition coefficient (Wildman–Crippen LogP) is 12.9. The fourth-order valence-electron chi connectivity index (χ4n) is 22.8. The van der Waals surface area contributed by atoms with Gasteiger partial charge in [-0.1, -0.05) is 25.7 Å². The predicted molar refractivity (Wildman–Crippen MR) is 357 cm³/mol. The molecule has 0 aromatic heterocycles. The van der Waals surface area contributed by atoms with Gasteiger partial charge in [-0.15, -0.1) is 0 Å². The van der Waals surface area contributed by atoms with Gasteiger partial charge in [0.1, 0.15) is 5.41 Å². The molecule has 6 aliphatic heterocycles. The lowest BCUT2D eigenvalue weighted by Crippen LogP contribution is -2.79. The van der Waals surface area contributed by atoms with Crippen molar-refractivity contribution < 1.29 is 59.4 Å². The van der Waals surface area contributed by atoms with Crippen molar-refractivity contribution in [2.24, 2.45) is 57.2 Å². The number of hydrogen-bond acceptors (Lipinski definition) is 12. The minimum atomic E-state index is -2.62. The lowest BCUT2D eigenvalue weighted by atomic mass is 9.32. The molecule has 6 heterocycles. The van der Waals surface area contributed by atoms with Gasteiger partial charge in [-0.2, -0.15) is 0 Å². The maximum atomic E-state index is 15.7. The molecule has 0 radical (unpaired) electrons. The SMILES string of the molecule is CC1(C)CC(C(CC(=O)O)(C(=O)O)C(C(=O)O)(C2CC(C)(C)NC(C)(C)C2)C(C(=O)O)(C2CC(C)(C)NC(C)(C)C2)C2CC(C)(C)NC(C)(C)C2)CC(C)(C)N1.CC1(C)CC(C(CCCCCCCC(=O)O)(C(=O)O)C2CC(C)(C)NC(C)(C)C2)CC(C)(C)N1. The van der Waals surface area contributed by atoms with Crippen LogP contribution in [0.5, 0.6) is 0 Å². The number of piperidine rings is 6. The van der Waals surface area contributed by atoms with E-state index in [1.54, 1.807) is 0 Å². The molecule has 0 aromatic carbocycles. The molecule has 18 heteroatoms. The van der Waals surface area contributed by atoms with E-state index in [4.69, 9.17) is 5.11 Å². The smallest absolute Gasteiger partial charge is 0.312 e. The van der Waals surface area contributed by atoms with Crippen molar-refractivity contribution in [1.82, 2.24) is 31.9 Å². The van der Waals surface area contributed by atoms with Crippen LogP contribution in [0.4, 0.5) is 0 Å². The zero-order chi connectivity index (χ0) is 69.3. The molecule has 0 aromatic rings. The standard InChI is InChI=1S/C44H78N4O8.C28H52N2O4/c1-34(2)17-26(18-35(3,4)45-34)42(31(51)52,25-30(49)50)44(33(55)56,29-23-40(13,14)48-41(15,16)24-29)43(32(53)54,27-19-36(5,6)46-37(7,8)20-27)28-21-38(9,10)47-39(11,12)22-28;1-24(2)16-20(17-25(3,4)29-24)28(23(33)34,15-13-11-9-10-12-14-22(31)32)21-18-26(5,6)30-27(7,8)19-21/h26-29,45-48H,17-25H2,1-16H3,(H,49,50)(H,51,52)(H,53,54)(H,55,56);20-21,29-30H,9-19H2,1-8H3,(H,31,32)(H,33,34). The molecule has 90 heavy (non-hydrogen) atoms. The third kappa shape index (κ3) is 17.0. The number of unbranched alkanes of at least 4 members (excludes halogenated alkanes) is 4. The molecular formula is C72H130N6O12. The average Bonchev–Trinajstić information content (AvgIpc) is 0.661. The second-order valence-electron chi connectivity index (χ2n) is 38.1. The summed E-state index contributed by atoms with van der Waals surface area (Å²) in [5.74, 6) is -10.8. The van der Waals surface area contributed by atoms with E-state index in [0.29, 0.717) is 12.8 Å². The van der Waals surface area contributed by atoms with Crippen molar-refractivity contribution in [3.8, 4) is 0 Å². The number of rotatable bonds is 22. The van der Waals surface area contributed by atoms with Crippen molar-refractivity contribution in [2.45, 2.75) is 361 Å². The summed E-state index contributed by atoms with van der Waals surface area (Å²) in [7, 11) is 0. The summed E-state index contributed by atoms with van der Waals surface area (Å²) in [6, 6.07) is 0. The first kappa shape index (κ1) is 77.3. The molecule has 0 amide bonds. The normalized spacial score (nSPS) is 27.7. The number of carboxylic acid groups (broad SMARTS) is 6. The Morgan fingerprint density at radius 2 is 0.556 bits per heavy atom. The van der Waals surface area contributed by atoms with Crippen LogP contribution >= 0.6 is 0 Å². The average molecular weight is 1270 g/mol. The highest BCUT2D eigenvalue weighted by Gasteiger charge is 2.83. The number of aliphatic carboxylic acids is 6. The van der Waals surface area contributed by atoms with Crippen molar-refractivity contribution in [3.63, 3.8) is 0 Å². The molecule has 6 aliphatic rings. The fourth-order valence-corrected chi connectivity index (χ4v) is 22.8. The Hall–Kier alpha value is -3.42. The molecule has 6 fully saturated rings. The molecule has 0 saturated carbocycles. The van der Waals surface area contributed by atoms with Gasteiger partial charge < -0.3 is 62.5 Å². The van der Waals surface area contributed by atoms with Crippen LogP contribution in [-0.4, -0.2) is 133 Å². The van der Waals surface area contributed by atoms with E-state index >= 15 is 14.4 Å². The summed E-state index contributed by atoms with van der Waals surface area (Å²) in [6.07, 6.45) is 9.37. The third-order valence-electron chi connectivity index (χ3n) is 22.4. The molecule has 2 atom stereocenters. The Labute approximate surface area is 543 Å². The first-order chi connectivity index (χ1) is 40.2. The van der Waals surface area contributed by atoms with Crippen LogP contribution in [0.25, 0.3) is 0 Å². The van der Waals surface area contributed by atoms with Gasteiger partial charge in [-0.05, 0) is 292 Å². The first-order valence-corrected chi connectivity index (χ1v) is 34.4. The molecule has 520 valence electrons. The van der Waals surface area contributed by atoms with Gasteiger partial charge >= 0.3 is 35.8 Å². The van der Waals surface area contributed by atoms with Crippen LogP contribution in [0.3, 0.4) is 0 Å². The van der Waals surface area contributed by atoms with Crippen molar-refractivity contribution in [3.05, 3.63) is 0 Å². The molecule has 6 rings (SSSR count). The zero-order valence-corrected chi connectivity index (χ0v) is 60.7. The monoisotopic (exact) mass is 1270 g/mol. The molecule has 18 nitrogen and oxygen atoms in total. The molecular weight excluding hydrogens is 1140 g/mol. The third-order valence-corrected chi connectivity index (χ3v) is 22.4. The van der Waals surface area contributed by atoms with Crippen LogP contribution in [-0.2, 0) is 28.8 Å². The van der Waals surface area contributed by atoms with Gasteiger partial charge in [0.2, 0.25) is 0 Å². The van der Waals surface area contributed by atoms with Crippen molar-refractivity contribution in [2.75, 3.05) is 0 Å². The minimum absolute atomic E-state index is 0.109. The molecule has 12 N–H and O–H groups in total. The van der Waals surface area contributed by atoms with Crippen LogP contribution < -0.4 is 31.9 Å². The Balaban J connectivity index is 0.000000370. The first-order valence-electron chi connectivity index (χ1n) is 34.4. The van der Waals surface area contributed by atoms with E-state index in [1.807, 2.05) is 111 Å². The van der Waals surface area contributed by atoms with E-state index < -0.39 is 132 Å². The largest absolute Gasteiger partial charge is 0.481 e. The summed E-state index contributed by atoms with van der Waals surface area (Å²) < 4.78 is 0.